The van der Waals surface area contributed by atoms with E-state index in [1.54, 1.807) is 0 Å². The van der Waals surface area contributed by atoms with Gasteiger partial charge in [0.05, 0.1) is 10.4 Å². The predicted molar refractivity (Wildman–Crippen MR) is 46.5 cm³/mol. The minimum atomic E-state index is 0.106. The van der Waals surface area contributed by atoms with Gasteiger partial charge in [-0.2, -0.15) is 0 Å². The van der Waals surface area contributed by atoms with Crippen LogP contribution in [-0.4, -0.2) is 18.9 Å². The number of halogens is 1. The molecule has 1 N–H and O–H groups in total. The number of rotatable bonds is 0. The summed E-state index contributed by atoms with van der Waals surface area (Å²) in [6, 6.07) is 0. The van der Waals surface area contributed by atoms with E-state index in [0.717, 1.165) is 13.1 Å². The maximum absolute atomic E-state index is 11.4. The molecule has 0 spiro atoms. The minimum absolute atomic E-state index is 0.106. The topological polar surface area (TPSA) is 29.1 Å². The summed E-state index contributed by atoms with van der Waals surface area (Å²) < 4.78 is 0.704. The van der Waals surface area contributed by atoms with Crippen LogP contribution < -0.4 is 5.32 Å². The molecule has 2 nitrogen and oxygen atoms in total. The van der Waals surface area contributed by atoms with Crippen molar-refractivity contribution in [1.29, 1.82) is 0 Å². The Morgan fingerprint density at radius 2 is 2.36 bits per heavy atom. The van der Waals surface area contributed by atoms with Crippen LogP contribution in [0.2, 0.25) is 0 Å². The van der Waals surface area contributed by atoms with Crippen LogP contribution in [-0.2, 0) is 4.79 Å². The van der Waals surface area contributed by atoms with Crippen molar-refractivity contribution in [3.8, 4) is 0 Å². The lowest BCUT2D eigenvalue weighted by Gasteiger charge is -2.12. The summed E-state index contributed by atoms with van der Waals surface area (Å²) in [4.78, 5) is 11.4. The van der Waals surface area contributed by atoms with Crippen molar-refractivity contribution in [2.24, 2.45) is 5.92 Å². The number of ketones is 1. The van der Waals surface area contributed by atoms with Crippen molar-refractivity contribution >= 4 is 21.7 Å². The van der Waals surface area contributed by atoms with Crippen LogP contribution in [0.5, 0.6) is 0 Å². The molecule has 1 fully saturated rings. The van der Waals surface area contributed by atoms with Gasteiger partial charge in [-0.1, -0.05) is 6.08 Å². The van der Waals surface area contributed by atoms with Crippen LogP contribution in [0.4, 0.5) is 0 Å². The van der Waals surface area contributed by atoms with Crippen LogP contribution in [0.15, 0.2) is 22.2 Å². The van der Waals surface area contributed by atoms with Crippen LogP contribution in [0.25, 0.3) is 0 Å². The molecule has 0 amide bonds. The van der Waals surface area contributed by atoms with E-state index < -0.39 is 0 Å². The molecular formula is C8H8BrNO. The fraction of sp³-hybridized carbons (Fsp3) is 0.375. The third kappa shape index (κ3) is 1.08. The maximum atomic E-state index is 11.4. The Labute approximate surface area is 73.5 Å². The summed E-state index contributed by atoms with van der Waals surface area (Å²) in [7, 11) is 0. The monoisotopic (exact) mass is 213 g/mol. The first-order chi connectivity index (χ1) is 5.29. The van der Waals surface area contributed by atoms with Gasteiger partial charge in [0.2, 0.25) is 0 Å². The Kier molecular flexibility index (Phi) is 1.69. The normalized spacial score (nSPS) is 29.5. The van der Waals surface area contributed by atoms with Gasteiger partial charge in [0.25, 0.3) is 0 Å². The second-order valence-electron chi connectivity index (χ2n) is 2.80. The molecule has 0 saturated carbocycles. The van der Waals surface area contributed by atoms with Gasteiger partial charge < -0.3 is 5.32 Å². The number of hydrogen-bond acceptors (Lipinski definition) is 2. The largest absolute Gasteiger partial charge is 0.312 e. The lowest BCUT2D eigenvalue weighted by Crippen LogP contribution is -2.20. The fourth-order valence-corrected chi connectivity index (χ4v) is 1.89. The number of hydrogen-bond donors (Lipinski definition) is 1. The van der Waals surface area contributed by atoms with E-state index in [1.165, 1.54) is 5.57 Å². The first kappa shape index (κ1) is 7.25. The highest BCUT2D eigenvalue weighted by Gasteiger charge is 2.30. The highest BCUT2D eigenvalue weighted by molar-refractivity contribution is 9.12. The SMILES string of the molecule is O=C1C(Br)=CC=C2CNCC12. The predicted octanol–water partition coefficient (Wildman–Crippen LogP) is 0.994. The van der Waals surface area contributed by atoms with Gasteiger partial charge >= 0.3 is 0 Å². The Morgan fingerprint density at radius 3 is 3.18 bits per heavy atom. The third-order valence-corrected chi connectivity index (χ3v) is 2.78. The Balaban J connectivity index is 2.36. The Bertz CT molecular complexity index is 267. The zero-order valence-corrected chi connectivity index (χ0v) is 7.52. The molecule has 0 aromatic heterocycles. The summed E-state index contributed by atoms with van der Waals surface area (Å²) in [5.74, 6) is 0.321. The molecule has 0 aromatic rings. The number of carbonyl (C=O) groups is 1. The second kappa shape index (κ2) is 2.57. The Morgan fingerprint density at radius 1 is 1.55 bits per heavy atom. The highest BCUT2D eigenvalue weighted by Crippen LogP contribution is 2.27. The summed E-state index contributed by atoms with van der Waals surface area (Å²) >= 11 is 3.23. The van der Waals surface area contributed by atoms with Crippen LogP contribution in [0.1, 0.15) is 0 Å². The first-order valence-corrected chi connectivity index (χ1v) is 4.39. The quantitative estimate of drug-likeness (QED) is 0.651. The third-order valence-electron chi connectivity index (χ3n) is 2.12. The van der Waals surface area contributed by atoms with Gasteiger partial charge in [-0.15, -0.1) is 0 Å². The molecule has 1 aliphatic carbocycles. The molecule has 0 aromatic carbocycles. The van der Waals surface area contributed by atoms with Gasteiger partial charge in [-0.25, -0.2) is 0 Å². The van der Waals surface area contributed by atoms with Gasteiger partial charge in [0, 0.05) is 13.1 Å². The summed E-state index contributed by atoms with van der Waals surface area (Å²) in [6.07, 6.45) is 3.86. The van der Waals surface area contributed by atoms with Crippen molar-refractivity contribution in [2.75, 3.05) is 13.1 Å². The number of carbonyl (C=O) groups excluding carboxylic acids is 1. The lowest BCUT2D eigenvalue weighted by atomic mass is 9.94. The second-order valence-corrected chi connectivity index (χ2v) is 3.66. The van der Waals surface area contributed by atoms with Crippen molar-refractivity contribution < 1.29 is 4.79 Å². The molecule has 2 rings (SSSR count). The van der Waals surface area contributed by atoms with Gasteiger partial charge in [-0.3, -0.25) is 4.79 Å². The van der Waals surface area contributed by atoms with Crippen molar-refractivity contribution in [1.82, 2.24) is 5.32 Å². The van der Waals surface area contributed by atoms with E-state index in [4.69, 9.17) is 0 Å². The zero-order valence-electron chi connectivity index (χ0n) is 5.93. The van der Waals surface area contributed by atoms with Gasteiger partial charge in [0.1, 0.15) is 0 Å². The zero-order chi connectivity index (χ0) is 7.84. The maximum Gasteiger partial charge on any atom is 0.178 e. The highest BCUT2D eigenvalue weighted by atomic mass is 79.9. The molecule has 58 valence electrons. The molecule has 1 unspecified atom stereocenters. The molecule has 1 atom stereocenters. The summed E-state index contributed by atoms with van der Waals surface area (Å²) in [5, 5.41) is 3.17. The van der Waals surface area contributed by atoms with E-state index >= 15 is 0 Å². The number of allylic oxidation sites excluding steroid dienone is 3. The molecular weight excluding hydrogens is 206 g/mol. The van der Waals surface area contributed by atoms with E-state index in [0.29, 0.717) is 4.48 Å². The van der Waals surface area contributed by atoms with Gasteiger partial charge in [-0.05, 0) is 27.6 Å². The molecule has 0 radical (unpaired) electrons. The smallest absolute Gasteiger partial charge is 0.178 e. The molecule has 2 aliphatic rings. The first-order valence-electron chi connectivity index (χ1n) is 3.60. The molecule has 1 saturated heterocycles. The van der Waals surface area contributed by atoms with Crippen LogP contribution >= 0.6 is 15.9 Å². The average molecular weight is 214 g/mol. The fourth-order valence-electron chi connectivity index (χ4n) is 1.48. The van der Waals surface area contributed by atoms with E-state index in [-0.39, 0.29) is 11.7 Å². The molecule has 11 heavy (non-hydrogen) atoms. The van der Waals surface area contributed by atoms with Crippen molar-refractivity contribution in [2.45, 2.75) is 0 Å². The number of Topliss-reactive ketones (excluding diaryl/α,β-unsaturated/α-hetero) is 1. The van der Waals surface area contributed by atoms with Crippen molar-refractivity contribution in [3.05, 3.63) is 22.2 Å². The van der Waals surface area contributed by atoms with E-state index in [2.05, 4.69) is 21.2 Å². The number of nitrogens with one attached hydrogen (secondary N) is 1. The van der Waals surface area contributed by atoms with Gasteiger partial charge in [0.15, 0.2) is 5.78 Å². The molecule has 0 bridgehead atoms. The Hall–Kier alpha value is -0.410. The van der Waals surface area contributed by atoms with Crippen LogP contribution in [0.3, 0.4) is 0 Å². The summed E-state index contributed by atoms with van der Waals surface area (Å²) in [6.45, 7) is 1.67. The molecule has 1 aliphatic heterocycles. The summed E-state index contributed by atoms with van der Waals surface area (Å²) in [5.41, 5.74) is 1.22. The van der Waals surface area contributed by atoms with E-state index in [9.17, 15) is 4.79 Å². The minimum Gasteiger partial charge on any atom is -0.312 e. The average Bonchev–Trinajstić information content (AvgIpc) is 2.45. The standard InChI is InChI=1S/C8H8BrNO/c9-7-2-1-5-3-10-4-6(5)8(7)11/h1-2,6,10H,3-4H2. The number of fused-ring (bicyclic) bond motifs is 1. The van der Waals surface area contributed by atoms with E-state index in [1.807, 2.05) is 12.2 Å². The molecule has 3 heteroatoms. The van der Waals surface area contributed by atoms with Crippen LogP contribution in [0, 0.1) is 5.92 Å². The lowest BCUT2D eigenvalue weighted by molar-refractivity contribution is -0.117. The van der Waals surface area contributed by atoms with Crippen molar-refractivity contribution in [3.63, 3.8) is 0 Å². The molecule has 1 heterocycles.